The Hall–Kier alpha value is -2.08. The van der Waals surface area contributed by atoms with Gasteiger partial charge in [-0.1, -0.05) is 41.9 Å². The van der Waals surface area contributed by atoms with Crippen LogP contribution < -0.4 is 5.32 Å². The highest BCUT2D eigenvalue weighted by molar-refractivity contribution is 6.31. The number of halogens is 1. The third-order valence-corrected chi connectivity index (χ3v) is 4.70. The van der Waals surface area contributed by atoms with Crippen LogP contribution in [0.15, 0.2) is 48.5 Å². The van der Waals surface area contributed by atoms with Crippen molar-refractivity contribution < 1.29 is 14.6 Å². The molecule has 2 N–H and O–H groups in total. The molecule has 1 amide bonds. The number of phenols is 1. The minimum Gasteiger partial charge on any atom is -0.507 e. The van der Waals surface area contributed by atoms with E-state index in [-0.39, 0.29) is 23.3 Å². The minimum absolute atomic E-state index is 0.0272. The molecule has 1 aliphatic heterocycles. The molecule has 1 aliphatic rings. The van der Waals surface area contributed by atoms with E-state index in [1.165, 1.54) is 6.07 Å². The Morgan fingerprint density at radius 1 is 1.16 bits per heavy atom. The average molecular weight is 361 g/mol. The molecule has 1 saturated heterocycles. The molecule has 132 valence electrons. The zero-order valence-electron chi connectivity index (χ0n) is 13.8. The molecular weight excluding hydrogens is 340 g/mol. The molecule has 1 heterocycles. The molecule has 1 atom stereocenters. The highest BCUT2D eigenvalue weighted by atomic mass is 35.5. The largest absolute Gasteiger partial charge is 0.507 e. The third-order valence-electron chi connectivity index (χ3n) is 4.36. The van der Waals surface area contributed by atoms with Crippen molar-refractivity contribution in [2.45, 2.75) is 6.04 Å². The number of hydrogen-bond acceptors (Lipinski definition) is 4. The second-order valence-electron chi connectivity index (χ2n) is 5.91. The van der Waals surface area contributed by atoms with Gasteiger partial charge in [-0.05, 0) is 23.8 Å². The Morgan fingerprint density at radius 2 is 1.84 bits per heavy atom. The number of benzene rings is 2. The first-order valence-electron chi connectivity index (χ1n) is 8.29. The van der Waals surface area contributed by atoms with E-state index in [1.807, 2.05) is 24.3 Å². The highest BCUT2D eigenvalue weighted by Crippen LogP contribution is 2.28. The van der Waals surface area contributed by atoms with Gasteiger partial charge in [0.05, 0.1) is 24.8 Å². The molecule has 1 unspecified atom stereocenters. The van der Waals surface area contributed by atoms with Crippen LogP contribution in [0, 0.1) is 0 Å². The van der Waals surface area contributed by atoms with Crippen LogP contribution in [0.3, 0.4) is 0 Å². The van der Waals surface area contributed by atoms with Gasteiger partial charge in [-0.2, -0.15) is 0 Å². The van der Waals surface area contributed by atoms with Gasteiger partial charge >= 0.3 is 0 Å². The number of morpholine rings is 1. The molecule has 0 spiro atoms. The molecule has 6 heteroatoms. The summed E-state index contributed by atoms with van der Waals surface area (Å²) >= 11 is 6.39. The van der Waals surface area contributed by atoms with Crippen molar-refractivity contribution in [3.8, 4) is 5.75 Å². The Bertz CT molecular complexity index is 732. The lowest BCUT2D eigenvalue weighted by Gasteiger charge is -2.35. The summed E-state index contributed by atoms with van der Waals surface area (Å²) in [6.07, 6.45) is 0. The van der Waals surface area contributed by atoms with Gasteiger partial charge < -0.3 is 15.2 Å². The number of phenolic OH excluding ortho intramolecular Hbond substituents is 1. The predicted octanol–water partition coefficient (Wildman–Crippen LogP) is 2.85. The van der Waals surface area contributed by atoms with Gasteiger partial charge in [0.25, 0.3) is 5.91 Å². The van der Waals surface area contributed by atoms with Crippen LogP contribution in [0.1, 0.15) is 22.0 Å². The number of nitrogens with zero attached hydrogens (tertiary/aromatic N) is 1. The molecule has 0 radical (unpaired) electrons. The van der Waals surface area contributed by atoms with Crippen molar-refractivity contribution in [1.29, 1.82) is 0 Å². The summed E-state index contributed by atoms with van der Waals surface area (Å²) in [5.41, 5.74) is 1.24. The number of ether oxygens (including phenoxy) is 1. The van der Waals surface area contributed by atoms with E-state index in [1.54, 1.807) is 18.2 Å². The van der Waals surface area contributed by atoms with Crippen LogP contribution in [0.5, 0.6) is 5.75 Å². The van der Waals surface area contributed by atoms with E-state index in [4.69, 9.17) is 16.3 Å². The molecule has 25 heavy (non-hydrogen) atoms. The van der Waals surface area contributed by atoms with Gasteiger partial charge in [-0.3, -0.25) is 9.69 Å². The lowest BCUT2D eigenvalue weighted by Crippen LogP contribution is -2.44. The van der Waals surface area contributed by atoms with Gasteiger partial charge in [0.15, 0.2) is 0 Å². The number of carbonyl (C=O) groups excluding carboxylic acids is 1. The Balaban J connectivity index is 1.77. The van der Waals surface area contributed by atoms with Crippen molar-refractivity contribution in [2.75, 3.05) is 32.8 Å². The Morgan fingerprint density at radius 3 is 2.56 bits per heavy atom. The highest BCUT2D eigenvalue weighted by Gasteiger charge is 2.25. The maximum atomic E-state index is 12.4. The van der Waals surface area contributed by atoms with Crippen LogP contribution in [0.4, 0.5) is 0 Å². The second kappa shape index (κ2) is 8.34. The summed E-state index contributed by atoms with van der Waals surface area (Å²) in [4.78, 5) is 14.7. The summed E-state index contributed by atoms with van der Waals surface area (Å²) in [6.45, 7) is 3.28. The topological polar surface area (TPSA) is 61.8 Å². The number of hydrogen-bond donors (Lipinski definition) is 2. The molecule has 3 rings (SSSR count). The number of amides is 1. The minimum atomic E-state index is -0.302. The molecule has 0 aromatic heterocycles. The van der Waals surface area contributed by atoms with Crippen LogP contribution in [0.25, 0.3) is 0 Å². The van der Waals surface area contributed by atoms with Gasteiger partial charge in [0.2, 0.25) is 0 Å². The van der Waals surface area contributed by atoms with E-state index < -0.39 is 0 Å². The molecule has 0 saturated carbocycles. The fourth-order valence-corrected chi connectivity index (χ4v) is 3.28. The van der Waals surface area contributed by atoms with E-state index in [2.05, 4.69) is 10.2 Å². The maximum Gasteiger partial charge on any atom is 0.255 e. The first-order chi connectivity index (χ1) is 12.2. The molecule has 1 fully saturated rings. The fourth-order valence-electron chi connectivity index (χ4n) is 3.02. The summed E-state index contributed by atoms with van der Waals surface area (Å²) in [5.74, 6) is -0.330. The number of nitrogens with one attached hydrogen (secondary N) is 1. The molecule has 0 aliphatic carbocycles. The summed E-state index contributed by atoms with van der Waals surface area (Å²) in [7, 11) is 0. The lowest BCUT2D eigenvalue weighted by atomic mass is 10.0. The molecule has 5 nitrogen and oxygen atoms in total. The second-order valence-corrected chi connectivity index (χ2v) is 6.32. The Kier molecular flexibility index (Phi) is 5.91. The van der Waals surface area contributed by atoms with Gasteiger partial charge in [0, 0.05) is 24.7 Å². The SMILES string of the molecule is O=C(NCC(c1ccccc1Cl)N1CCOCC1)c1ccccc1O. The first-order valence-corrected chi connectivity index (χ1v) is 8.67. The summed E-state index contributed by atoms with van der Waals surface area (Å²) < 4.78 is 5.43. The number of aromatic hydroxyl groups is 1. The quantitative estimate of drug-likeness (QED) is 0.860. The van der Waals surface area contributed by atoms with E-state index in [0.717, 1.165) is 18.7 Å². The van der Waals surface area contributed by atoms with Gasteiger partial charge in [-0.15, -0.1) is 0 Å². The van der Waals surface area contributed by atoms with Gasteiger partial charge in [-0.25, -0.2) is 0 Å². The van der Waals surface area contributed by atoms with Crippen molar-refractivity contribution in [3.05, 3.63) is 64.7 Å². The summed E-state index contributed by atoms with van der Waals surface area (Å²) in [6, 6.07) is 14.1. The monoisotopic (exact) mass is 360 g/mol. The predicted molar refractivity (Wildman–Crippen MR) is 97.0 cm³/mol. The van der Waals surface area contributed by atoms with E-state index in [9.17, 15) is 9.90 Å². The van der Waals surface area contributed by atoms with Crippen LogP contribution in [-0.2, 0) is 4.74 Å². The number of para-hydroxylation sites is 1. The molecular formula is C19H21ClN2O3. The van der Waals surface area contributed by atoms with E-state index in [0.29, 0.717) is 24.8 Å². The zero-order valence-corrected chi connectivity index (χ0v) is 14.6. The lowest BCUT2D eigenvalue weighted by molar-refractivity contribution is 0.0162. The van der Waals surface area contributed by atoms with Crippen molar-refractivity contribution in [3.63, 3.8) is 0 Å². The van der Waals surface area contributed by atoms with E-state index >= 15 is 0 Å². The molecule has 0 bridgehead atoms. The fraction of sp³-hybridized carbons (Fsp3) is 0.316. The molecule has 2 aromatic carbocycles. The van der Waals surface area contributed by atoms with Crippen LogP contribution in [-0.4, -0.2) is 48.8 Å². The van der Waals surface area contributed by atoms with Crippen LogP contribution >= 0.6 is 11.6 Å². The maximum absolute atomic E-state index is 12.4. The first kappa shape index (κ1) is 17.7. The van der Waals surface area contributed by atoms with Crippen LogP contribution in [0.2, 0.25) is 5.02 Å². The average Bonchev–Trinajstić information content (AvgIpc) is 2.64. The van der Waals surface area contributed by atoms with Crippen molar-refractivity contribution in [2.24, 2.45) is 0 Å². The summed E-state index contributed by atoms with van der Waals surface area (Å²) in [5, 5.41) is 13.4. The standard InChI is InChI=1S/C19H21ClN2O3/c20-16-7-3-1-5-14(16)17(22-9-11-25-12-10-22)13-21-19(24)15-6-2-4-8-18(15)23/h1-8,17,23H,9-13H2,(H,21,24). The number of rotatable bonds is 5. The van der Waals surface area contributed by atoms with Crippen molar-refractivity contribution >= 4 is 17.5 Å². The van der Waals surface area contributed by atoms with Gasteiger partial charge in [0.1, 0.15) is 5.75 Å². The zero-order chi connectivity index (χ0) is 17.6. The number of carbonyl (C=O) groups is 1. The Labute approximate surface area is 152 Å². The normalized spacial score (nSPS) is 16.4. The third kappa shape index (κ3) is 4.31. The van der Waals surface area contributed by atoms with Crippen molar-refractivity contribution in [1.82, 2.24) is 10.2 Å². The smallest absolute Gasteiger partial charge is 0.255 e. The molecule has 2 aromatic rings.